The number of hydrogen-bond acceptors (Lipinski definition) is 2. The SMILES string of the molecule is CCNCc1ccc2cnccc2c1. The minimum Gasteiger partial charge on any atom is -0.313 e. The fourth-order valence-corrected chi connectivity index (χ4v) is 1.51. The van der Waals surface area contributed by atoms with E-state index in [-0.39, 0.29) is 0 Å². The summed E-state index contributed by atoms with van der Waals surface area (Å²) in [5.41, 5.74) is 1.32. The highest BCUT2D eigenvalue weighted by Gasteiger charge is 1.95. The molecule has 0 aliphatic carbocycles. The Kier molecular flexibility index (Phi) is 2.75. The molecular weight excluding hydrogens is 172 g/mol. The number of rotatable bonds is 3. The summed E-state index contributed by atoms with van der Waals surface area (Å²) in [5, 5.41) is 5.77. The quantitative estimate of drug-likeness (QED) is 0.795. The topological polar surface area (TPSA) is 24.9 Å². The third-order valence-corrected chi connectivity index (χ3v) is 2.28. The van der Waals surface area contributed by atoms with E-state index in [4.69, 9.17) is 0 Å². The summed E-state index contributed by atoms with van der Waals surface area (Å²) in [5.74, 6) is 0. The van der Waals surface area contributed by atoms with Gasteiger partial charge in [-0.25, -0.2) is 0 Å². The molecule has 1 N–H and O–H groups in total. The summed E-state index contributed by atoms with van der Waals surface area (Å²) >= 11 is 0. The smallest absolute Gasteiger partial charge is 0.0346 e. The molecule has 0 fully saturated rings. The number of hydrogen-bond donors (Lipinski definition) is 1. The van der Waals surface area contributed by atoms with E-state index in [1.165, 1.54) is 16.3 Å². The molecule has 0 spiro atoms. The zero-order chi connectivity index (χ0) is 9.80. The van der Waals surface area contributed by atoms with E-state index in [2.05, 4.69) is 35.4 Å². The van der Waals surface area contributed by atoms with Gasteiger partial charge in [-0.05, 0) is 29.6 Å². The molecule has 1 heterocycles. The number of pyridine rings is 1. The van der Waals surface area contributed by atoms with Crippen LogP contribution in [-0.4, -0.2) is 11.5 Å². The number of aromatic nitrogens is 1. The lowest BCUT2D eigenvalue weighted by molar-refractivity contribution is 0.727. The molecule has 0 aliphatic heterocycles. The Morgan fingerprint density at radius 3 is 3.00 bits per heavy atom. The van der Waals surface area contributed by atoms with Gasteiger partial charge in [0.1, 0.15) is 0 Å². The molecule has 0 bridgehead atoms. The van der Waals surface area contributed by atoms with Crippen LogP contribution in [0, 0.1) is 0 Å². The second-order valence-corrected chi connectivity index (χ2v) is 3.34. The van der Waals surface area contributed by atoms with E-state index < -0.39 is 0 Å². The van der Waals surface area contributed by atoms with E-state index in [1.54, 1.807) is 0 Å². The highest BCUT2D eigenvalue weighted by Crippen LogP contribution is 2.14. The van der Waals surface area contributed by atoms with Crippen LogP contribution >= 0.6 is 0 Å². The van der Waals surface area contributed by atoms with Crippen LogP contribution in [0.4, 0.5) is 0 Å². The molecule has 2 heteroatoms. The second kappa shape index (κ2) is 4.20. The summed E-state index contributed by atoms with van der Waals surface area (Å²) in [6.07, 6.45) is 3.73. The Bertz CT molecular complexity index is 423. The van der Waals surface area contributed by atoms with Gasteiger partial charge in [0, 0.05) is 24.3 Å². The molecule has 0 radical (unpaired) electrons. The first-order chi connectivity index (χ1) is 6.90. The zero-order valence-electron chi connectivity index (χ0n) is 8.33. The van der Waals surface area contributed by atoms with Crippen molar-refractivity contribution in [3.05, 3.63) is 42.2 Å². The van der Waals surface area contributed by atoms with Gasteiger partial charge in [-0.15, -0.1) is 0 Å². The highest BCUT2D eigenvalue weighted by atomic mass is 14.8. The molecule has 0 amide bonds. The summed E-state index contributed by atoms with van der Waals surface area (Å²) in [6.45, 7) is 4.06. The molecule has 1 aromatic carbocycles. The average Bonchev–Trinajstić information content (AvgIpc) is 2.26. The van der Waals surface area contributed by atoms with Crippen LogP contribution in [0.2, 0.25) is 0 Å². The Morgan fingerprint density at radius 2 is 2.14 bits per heavy atom. The second-order valence-electron chi connectivity index (χ2n) is 3.34. The Hall–Kier alpha value is -1.41. The van der Waals surface area contributed by atoms with Crippen LogP contribution in [0.5, 0.6) is 0 Å². The minimum absolute atomic E-state index is 0.939. The summed E-state index contributed by atoms with van der Waals surface area (Å²) in [6, 6.07) is 8.52. The van der Waals surface area contributed by atoms with Crippen molar-refractivity contribution >= 4 is 10.8 Å². The molecule has 0 saturated heterocycles. The van der Waals surface area contributed by atoms with Crippen molar-refractivity contribution in [1.29, 1.82) is 0 Å². The van der Waals surface area contributed by atoms with Gasteiger partial charge < -0.3 is 5.32 Å². The molecule has 0 aliphatic rings. The van der Waals surface area contributed by atoms with Crippen LogP contribution in [0.15, 0.2) is 36.7 Å². The third kappa shape index (κ3) is 1.91. The number of benzene rings is 1. The monoisotopic (exact) mass is 186 g/mol. The lowest BCUT2D eigenvalue weighted by Gasteiger charge is -2.03. The van der Waals surface area contributed by atoms with E-state index in [0.29, 0.717) is 0 Å². The first-order valence-electron chi connectivity index (χ1n) is 4.93. The largest absolute Gasteiger partial charge is 0.313 e. The summed E-state index contributed by atoms with van der Waals surface area (Å²) in [7, 11) is 0. The van der Waals surface area contributed by atoms with E-state index in [1.807, 2.05) is 18.5 Å². The lowest BCUT2D eigenvalue weighted by Crippen LogP contribution is -2.11. The maximum Gasteiger partial charge on any atom is 0.0346 e. The van der Waals surface area contributed by atoms with Crippen molar-refractivity contribution in [2.45, 2.75) is 13.5 Å². The zero-order valence-corrected chi connectivity index (χ0v) is 8.33. The molecule has 14 heavy (non-hydrogen) atoms. The van der Waals surface area contributed by atoms with Crippen molar-refractivity contribution in [3.63, 3.8) is 0 Å². The van der Waals surface area contributed by atoms with Gasteiger partial charge in [0.15, 0.2) is 0 Å². The van der Waals surface area contributed by atoms with E-state index in [0.717, 1.165) is 13.1 Å². The Balaban J connectivity index is 2.32. The van der Waals surface area contributed by atoms with Gasteiger partial charge in [-0.3, -0.25) is 4.98 Å². The van der Waals surface area contributed by atoms with E-state index in [9.17, 15) is 0 Å². The van der Waals surface area contributed by atoms with Crippen LogP contribution < -0.4 is 5.32 Å². The fraction of sp³-hybridized carbons (Fsp3) is 0.250. The first kappa shape index (κ1) is 9.16. The maximum absolute atomic E-state index is 4.09. The predicted octanol–water partition coefficient (Wildman–Crippen LogP) is 2.34. The fourth-order valence-electron chi connectivity index (χ4n) is 1.51. The van der Waals surface area contributed by atoms with Gasteiger partial charge in [-0.1, -0.05) is 19.1 Å². The Morgan fingerprint density at radius 1 is 1.21 bits per heavy atom. The molecule has 0 atom stereocenters. The first-order valence-corrected chi connectivity index (χ1v) is 4.93. The standard InChI is InChI=1S/C12H14N2/c1-2-13-8-10-3-4-12-9-14-6-5-11(12)7-10/h3-7,9,13H,2,8H2,1H3. The summed E-state index contributed by atoms with van der Waals surface area (Å²) < 4.78 is 0. The van der Waals surface area contributed by atoms with Crippen LogP contribution in [-0.2, 0) is 6.54 Å². The maximum atomic E-state index is 4.09. The highest BCUT2D eigenvalue weighted by molar-refractivity contribution is 5.81. The van der Waals surface area contributed by atoms with Gasteiger partial charge in [0.2, 0.25) is 0 Å². The normalized spacial score (nSPS) is 10.6. The van der Waals surface area contributed by atoms with Crippen molar-refractivity contribution in [2.75, 3.05) is 6.54 Å². The molecule has 2 aromatic rings. The van der Waals surface area contributed by atoms with Gasteiger partial charge in [-0.2, -0.15) is 0 Å². The van der Waals surface area contributed by atoms with Crippen molar-refractivity contribution in [1.82, 2.24) is 10.3 Å². The number of nitrogens with zero attached hydrogens (tertiary/aromatic N) is 1. The van der Waals surface area contributed by atoms with Crippen LogP contribution in [0.25, 0.3) is 10.8 Å². The van der Waals surface area contributed by atoms with Gasteiger partial charge in [0.25, 0.3) is 0 Å². The molecule has 72 valence electrons. The van der Waals surface area contributed by atoms with Crippen molar-refractivity contribution in [3.8, 4) is 0 Å². The van der Waals surface area contributed by atoms with Crippen LogP contribution in [0.1, 0.15) is 12.5 Å². The molecular formula is C12H14N2. The number of fused-ring (bicyclic) bond motifs is 1. The Labute approximate surface area is 84.0 Å². The molecule has 2 rings (SSSR count). The van der Waals surface area contributed by atoms with Crippen molar-refractivity contribution in [2.24, 2.45) is 0 Å². The van der Waals surface area contributed by atoms with Gasteiger partial charge >= 0.3 is 0 Å². The third-order valence-electron chi connectivity index (χ3n) is 2.28. The van der Waals surface area contributed by atoms with Gasteiger partial charge in [0.05, 0.1) is 0 Å². The molecule has 2 nitrogen and oxygen atoms in total. The predicted molar refractivity (Wildman–Crippen MR) is 59.1 cm³/mol. The molecule has 0 saturated carbocycles. The average molecular weight is 186 g/mol. The summed E-state index contributed by atoms with van der Waals surface area (Å²) in [4.78, 5) is 4.09. The van der Waals surface area contributed by atoms with Crippen molar-refractivity contribution < 1.29 is 0 Å². The number of nitrogens with one attached hydrogen (secondary N) is 1. The van der Waals surface area contributed by atoms with Crippen LogP contribution in [0.3, 0.4) is 0 Å². The lowest BCUT2D eigenvalue weighted by atomic mass is 10.1. The minimum atomic E-state index is 0.939. The van der Waals surface area contributed by atoms with E-state index >= 15 is 0 Å². The molecule has 0 unspecified atom stereocenters. The molecule has 1 aromatic heterocycles.